The van der Waals surface area contributed by atoms with Crippen LogP contribution in [0.5, 0.6) is 28.7 Å². The van der Waals surface area contributed by atoms with Crippen molar-refractivity contribution in [2.24, 2.45) is 47.3 Å². The second-order valence-corrected chi connectivity index (χ2v) is 28.5. The van der Waals surface area contributed by atoms with Crippen molar-refractivity contribution in [3.05, 3.63) is 182 Å². The van der Waals surface area contributed by atoms with E-state index in [1.165, 1.54) is 141 Å². The molecular weight excluding hydrogens is 1060 g/mol. The second kappa shape index (κ2) is 28.5. The summed E-state index contributed by atoms with van der Waals surface area (Å²) in [5.74, 6) is 11.9. The number of rotatable bonds is 17. The zero-order valence-electron chi connectivity index (χ0n) is 54.1. The molecule has 0 spiro atoms. The Kier molecular flexibility index (Phi) is 20.9. The molecule has 5 nitrogen and oxygen atoms in total. The van der Waals surface area contributed by atoms with E-state index in [1.54, 1.807) is 0 Å². The Morgan fingerprint density at radius 2 is 0.816 bits per heavy atom. The molecule has 0 aliphatic heterocycles. The van der Waals surface area contributed by atoms with Crippen molar-refractivity contribution in [1.29, 1.82) is 0 Å². The summed E-state index contributed by atoms with van der Waals surface area (Å²) in [5.41, 5.74) is 6.11. The van der Waals surface area contributed by atoms with Gasteiger partial charge in [0.1, 0.15) is 56.8 Å². The third kappa shape index (κ3) is 15.6. The monoisotopic (exact) mass is 1170 g/mol. The van der Waals surface area contributed by atoms with Crippen LogP contribution < -0.4 is 23.7 Å². The summed E-state index contributed by atoms with van der Waals surface area (Å²) in [5, 5.41) is 0. The van der Waals surface area contributed by atoms with E-state index in [0.29, 0.717) is 0 Å². The van der Waals surface area contributed by atoms with E-state index in [4.69, 9.17) is 23.7 Å². The molecule has 8 bridgehead atoms. The van der Waals surface area contributed by atoms with E-state index in [2.05, 4.69) is 152 Å². The van der Waals surface area contributed by atoms with E-state index in [-0.39, 0.29) is 28.0 Å². The largest absolute Gasteiger partial charge is 0.488 e. The number of ether oxygens (including phenoxy) is 5. The summed E-state index contributed by atoms with van der Waals surface area (Å²) in [4.78, 5) is 0. The molecule has 0 saturated heterocycles. The molecule has 5 aromatic rings. The molecule has 10 aliphatic rings. The van der Waals surface area contributed by atoms with Crippen LogP contribution in [0, 0.1) is 47.3 Å². The molecule has 10 fully saturated rings. The Hall–Kier alpha value is -6.20. The average Bonchev–Trinajstić information content (AvgIpc) is 1.78. The van der Waals surface area contributed by atoms with Crippen molar-refractivity contribution < 1.29 is 23.7 Å². The minimum Gasteiger partial charge on any atom is -0.488 e. The Balaban J connectivity index is 0.000000121. The van der Waals surface area contributed by atoms with Gasteiger partial charge in [0.05, 0.1) is 0 Å². The topological polar surface area (TPSA) is 46.2 Å². The highest BCUT2D eigenvalue weighted by molar-refractivity contribution is 5.52. The van der Waals surface area contributed by atoms with Gasteiger partial charge in [-0.3, -0.25) is 0 Å². The summed E-state index contributed by atoms with van der Waals surface area (Å²) in [7, 11) is 0. The molecule has 5 aromatic carbocycles. The van der Waals surface area contributed by atoms with Gasteiger partial charge in [0.2, 0.25) is 0 Å². The van der Waals surface area contributed by atoms with Gasteiger partial charge in [-0.2, -0.15) is 0 Å². The van der Waals surface area contributed by atoms with E-state index >= 15 is 0 Å². The Morgan fingerprint density at radius 3 is 1.24 bits per heavy atom. The summed E-state index contributed by atoms with van der Waals surface area (Å²) < 4.78 is 31.6. The molecule has 6 unspecified atom stereocenters. The third-order valence-electron chi connectivity index (χ3n) is 22.7. The molecule has 0 heterocycles. The lowest BCUT2D eigenvalue weighted by atomic mass is 9.50. The van der Waals surface area contributed by atoms with Crippen LogP contribution >= 0.6 is 0 Å². The molecule has 0 amide bonds. The van der Waals surface area contributed by atoms with Crippen LogP contribution in [0.25, 0.3) is 30.4 Å². The lowest BCUT2D eigenvalue weighted by molar-refractivity contribution is -0.145. The smallest absolute Gasteiger partial charge is 0.120 e. The number of fused-ring (bicyclic) bond motifs is 4. The standard InChI is InChI=1S/C19H24O.C17H22O.C16H20O.2C15H20O/c1-3-13-5-4-6-18(12-13)20-19(2)16-8-14-7-15(10-16)11-17(19)9-14;1-3-13-6-9-16(10-7-13)18-17(4-2)12-14-5-8-15(17)11-14;1-3-12-5-4-6-15(10-12)17-16(2)11-13-7-8-14(16)9-13;1-3-13-8-7-9-14(12-13)16-15(2)10-5-4-6-11-15;1-3-13-7-9-14(10-8-13)16-15(4-2)11-5-6-12-15/h3-6,12,14-17H,1,7-11H2,2H3;3,6-7,9-10,14-15H,1,4-5,8,11-12H2,2H3;3-6,10,13-14H,1,7-9,11H2,2H3;3,7-9,12H,1,4-6,10-11H2,2H3;3,7-10H,1,4-6,11-12H2,2H3. The van der Waals surface area contributed by atoms with E-state index in [9.17, 15) is 0 Å². The molecule has 0 aromatic heterocycles. The Labute approximate surface area is 526 Å². The van der Waals surface area contributed by atoms with Crippen LogP contribution in [0.2, 0.25) is 0 Å². The van der Waals surface area contributed by atoms with E-state index in [0.717, 1.165) is 117 Å². The fourth-order valence-corrected chi connectivity index (χ4v) is 17.7. The van der Waals surface area contributed by atoms with Crippen LogP contribution in [0.1, 0.15) is 217 Å². The van der Waals surface area contributed by atoms with Crippen LogP contribution in [-0.2, 0) is 0 Å². The molecule has 87 heavy (non-hydrogen) atoms. The molecule has 10 aliphatic carbocycles. The third-order valence-corrected chi connectivity index (χ3v) is 22.7. The van der Waals surface area contributed by atoms with Crippen molar-refractivity contribution >= 4 is 30.4 Å². The number of hydrogen-bond acceptors (Lipinski definition) is 5. The highest BCUT2D eigenvalue weighted by atomic mass is 16.5. The Bertz CT molecular complexity index is 3040. The van der Waals surface area contributed by atoms with Crippen LogP contribution in [0.3, 0.4) is 0 Å². The van der Waals surface area contributed by atoms with Crippen LogP contribution in [0.15, 0.2) is 154 Å². The van der Waals surface area contributed by atoms with Gasteiger partial charge in [0, 0.05) is 0 Å². The quantitative estimate of drug-likeness (QED) is 0.0928. The first-order chi connectivity index (χ1) is 42.1. The SMILES string of the molecule is C=Cc1ccc(OC2(CC)CC3CCC2C3)cc1.C=Cc1ccc(OC2(CC)CCCC2)cc1.C=Cc1cccc(OC2(C)C3CC4CC(C3)CC2C4)c1.C=Cc1cccc(OC2(C)CC3CCC2C3)c1.C=Cc1cccc(OC2(C)CCCCC2)c1. The molecule has 0 radical (unpaired) electrons. The van der Waals surface area contributed by atoms with Crippen LogP contribution in [0.4, 0.5) is 0 Å². The summed E-state index contributed by atoms with van der Waals surface area (Å²) >= 11 is 0. The van der Waals surface area contributed by atoms with Gasteiger partial charge in [0.15, 0.2) is 0 Å². The van der Waals surface area contributed by atoms with Gasteiger partial charge in [-0.15, -0.1) is 0 Å². The predicted molar refractivity (Wildman–Crippen MR) is 367 cm³/mol. The molecule has 10 saturated carbocycles. The van der Waals surface area contributed by atoms with Crippen molar-refractivity contribution in [2.75, 3.05) is 0 Å². The maximum Gasteiger partial charge on any atom is 0.120 e. The molecule has 6 atom stereocenters. The molecular formula is C82H106O5. The molecule has 5 heteroatoms. The molecule has 464 valence electrons. The minimum atomic E-state index is 0.0397. The zero-order valence-corrected chi connectivity index (χ0v) is 54.1. The van der Waals surface area contributed by atoms with Crippen molar-refractivity contribution in [1.82, 2.24) is 0 Å². The summed E-state index contributed by atoms with van der Waals surface area (Å²) in [6.45, 7) is 30.4. The Morgan fingerprint density at radius 1 is 0.379 bits per heavy atom. The predicted octanol–water partition coefficient (Wildman–Crippen LogP) is 22.7. The first-order valence-electron chi connectivity index (χ1n) is 34.2. The highest BCUT2D eigenvalue weighted by Gasteiger charge is 2.57. The summed E-state index contributed by atoms with van der Waals surface area (Å²) in [6.07, 6.45) is 40.8. The van der Waals surface area contributed by atoms with Crippen molar-refractivity contribution in [2.45, 2.75) is 217 Å². The maximum absolute atomic E-state index is 6.57. The normalized spacial score (nSPS) is 30.2. The van der Waals surface area contributed by atoms with Crippen molar-refractivity contribution in [3.8, 4) is 28.7 Å². The lowest BCUT2D eigenvalue weighted by Gasteiger charge is -2.59. The average molecular weight is 1170 g/mol. The number of hydrogen-bond donors (Lipinski definition) is 0. The van der Waals surface area contributed by atoms with Gasteiger partial charge in [-0.25, -0.2) is 0 Å². The summed E-state index contributed by atoms with van der Waals surface area (Å²) in [6, 6.07) is 41.3. The fourth-order valence-electron chi connectivity index (χ4n) is 17.7. The fraction of sp³-hybridized carbons (Fsp3) is 0.512. The first kappa shape index (κ1) is 63.8. The van der Waals surface area contributed by atoms with Crippen LogP contribution in [-0.4, -0.2) is 28.0 Å². The van der Waals surface area contributed by atoms with Gasteiger partial charge >= 0.3 is 0 Å². The van der Waals surface area contributed by atoms with E-state index in [1.807, 2.05) is 66.8 Å². The van der Waals surface area contributed by atoms with Crippen molar-refractivity contribution in [3.63, 3.8) is 0 Å². The maximum atomic E-state index is 6.57. The molecule has 0 N–H and O–H groups in total. The molecule has 15 rings (SSSR count). The van der Waals surface area contributed by atoms with E-state index < -0.39 is 0 Å². The first-order valence-corrected chi connectivity index (χ1v) is 34.2. The van der Waals surface area contributed by atoms with Gasteiger partial charge < -0.3 is 23.7 Å². The van der Waals surface area contributed by atoms with Gasteiger partial charge in [-0.1, -0.05) is 144 Å². The number of benzene rings is 5. The lowest BCUT2D eigenvalue weighted by Crippen LogP contribution is -2.59. The second-order valence-electron chi connectivity index (χ2n) is 28.5. The van der Waals surface area contributed by atoms with Gasteiger partial charge in [0.25, 0.3) is 0 Å². The highest BCUT2D eigenvalue weighted by Crippen LogP contribution is 2.60. The minimum absolute atomic E-state index is 0.0397. The van der Waals surface area contributed by atoms with Gasteiger partial charge in [-0.05, 0) is 304 Å². The zero-order chi connectivity index (χ0) is 61.1.